The predicted molar refractivity (Wildman–Crippen MR) is 111 cm³/mol. The number of carbonyl (C=O) groups is 1. The van der Waals surface area contributed by atoms with Crippen molar-refractivity contribution in [1.29, 1.82) is 10.8 Å². The zero-order valence-corrected chi connectivity index (χ0v) is 16.9. The quantitative estimate of drug-likeness (QED) is 0.414. The van der Waals surface area contributed by atoms with Crippen molar-refractivity contribution in [2.75, 3.05) is 10.6 Å². The molecule has 0 aliphatic heterocycles. The minimum absolute atomic E-state index is 0.0201. The lowest BCUT2D eigenvalue weighted by atomic mass is 10.1. The first-order valence-corrected chi connectivity index (χ1v) is 9.58. The third-order valence-corrected chi connectivity index (χ3v) is 4.43. The third kappa shape index (κ3) is 5.48. The second kappa shape index (κ2) is 9.77. The number of hydrogen-bond donors (Lipinski definition) is 4. The fraction of sp³-hybridized carbons (Fsp3) is 0.450. The minimum Gasteiger partial charge on any atom is -0.366 e. The monoisotopic (exact) mass is 383 g/mol. The second-order valence-corrected chi connectivity index (χ2v) is 6.99. The summed E-state index contributed by atoms with van der Waals surface area (Å²) in [6, 6.07) is 5.49. The second-order valence-electron chi connectivity index (χ2n) is 6.99. The molecule has 2 heterocycles. The van der Waals surface area contributed by atoms with Crippen molar-refractivity contribution in [3.05, 3.63) is 41.6 Å². The van der Waals surface area contributed by atoms with E-state index in [0.29, 0.717) is 11.5 Å². The maximum Gasteiger partial charge on any atom is 0.228 e. The van der Waals surface area contributed by atoms with Crippen LogP contribution in [0.15, 0.2) is 30.6 Å². The first-order chi connectivity index (χ1) is 13.3. The van der Waals surface area contributed by atoms with Crippen molar-refractivity contribution in [3.63, 3.8) is 0 Å². The van der Waals surface area contributed by atoms with Gasteiger partial charge in [0.1, 0.15) is 11.7 Å². The van der Waals surface area contributed by atoms with E-state index >= 15 is 0 Å². The van der Waals surface area contributed by atoms with E-state index in [1.165, 1.54) is 4.68 Å². The van der Waals surface area contributed by atoms with Gasteiger partial charge in [-0.05, 0) is 24.5 Å². The highest BCUT2D eigenvalue weighted by Crippen LogP contribution is 2.13. The molecule has 4 N–H and O–H groups in total. The zero-order chi connectivity index (χ0) is 20.7. The van der Waals surface area contributed by atoms with Crippen LogP contribution in [-0.2, 0) is 11.2 Å². The molecule has 0 saturated carbocycles. The maximum absolute atomic E-state index is 12.5. The molecule has 28 heavy (non-hydrogen) atoms. The Morgan fingerprint density at radius 1 is 1.29 bits per heavy atom. The summed E-state index contributed by atoms with van der Waals surface area (Å²) in [5.74, 6) is 0.375. The van der Waals surface area contributed by atoms with E-state index in [9.17, 15) is 4.79 Å². The van der Waals surface area contributed by atoms with Gasteiger partial charge < -0.3 is 10.6 Å². The fourth-order valence-corrected chi connectivity index (χ4v) is 2.67. The summed E-state index contributed by atoms with van der Waals surface area (Å²) in [6.07, 6.45) is 5.30. The Bertz CT molecular complexity index is 870. The Balaban J connectivity index is 2.35. The highest BCUT2D eigenvalue weighted by Gasteiger charge is 2.15. The van der Waals surface area contributed by atoms with Crippen molar-refractivity contribution in [1.82, 2.24) is 14.8 Å². The first kappa shape index (κ1) is 21.3. The Hall–Kier alpha value is -3.03. The Kier molecular flexibility index (Phi) is 7.43. The number of pyridine rings is 1. The highest BCUT2D eigenvalue weighted by atomic mass is 16.1. The van der Waals surface area contributed by atoms with Crippen LogP contribution < -0.4 is 16.1 Å². The highest BCUT2D eigenvalue weighted by molar-refractivity contribution is 5.93. The van der Waals surface area contributed by atoms with Crippen LogP contribution in [0.25, 0.3) is 0 Å². The smallest absolute Gasteiger partial charge is 0.228 e. The zero-order valence-electron chi connectivity index (χ0n) is 16.9. The van der Waals surface area contributed by atoms with Crippen molar-refractivity contribution in [2.24, 2.45) is 5.92 Å². The molecule has 8 nitrogen and oxygen atoms in total. The molecule has 0 fully saturated rings. The van der Waals surface area contributed by atoms with Gasteiger partial charge in [0.15, 0.2) is 5.49 Å². The van der Waals surface area contributed by atoms with Gasteiger partial charge in [-0.15, -0.1) is 5.10 Å². The van der Waals surface area contributed by atoms with Crippen molar-refractivity contribution >= 4 is 23.2 Å². The Morgan fingerprint density at radius 3 is 2.57 bits per heavy atom. The number of rotatable bonds is 8. The number of hydrogen-bond acceptors (Lipinski definition) is 6. The summed E-state index contributed by atoms with van der Waals surface area (Å²) in [4.78, 5) is 16.5. The van der Waals surface area contributed by atoms with Crippen LogP contribution in [-0.4, -0.2) is 32.5 Å². The predicted octanol–water partition coefficient (Wildman–Crippen LogP) is 3.02. The summed E-state index contributed by atoms with van der Waals surface area (Å²) in [6.45, 7) is 7.91. The standard InChI is InChI=1S/C20H29N7O/c1-5-15(6-2)24-17-11-16(20(22)27(26-17)19(21)13(3)4)25-18(28)10-14-8-7-9-23-12-14/h7-9,11-13,15,21-22H,5-6,10H2,1-4H3,(H,24,26)(H,25,28). The normalized spacial score (nSPS) is 10.9. The molecule has 0 unspecified atom stereocenters. The molecule has 2 rings (SSSR count). The van der Waals surface area contributed by atoms with E-state index < -0.39 is 0 Å². The van der Waals surface area contributed by atoms with E-state index in [1.54, 1.807) is 24.5 Å². The molecular formula is C20H29N7O. The molecule has 0 bridgehead atoms. The minimum atomic E-state index is -0.246. The number of aromatic nitrogens is 3. The molecule has 0 aliphatic carbocycles. The maximum atomic E-state index is 12.5. The topological polar surface area (TPSA) is 120 Å². The molecule has 0 spiro atoms. The van der Waals surface area contributed by atoms with Gasteiger partial charge in [-0.1, -0.05) is 33.8 Å². The van der Waals surface area contributed by atoms with Gasteiger partial charge in [0.25, 0.3) is 0 Å². The van der Waals surface area contributed by atoms with Gasteiger partial charge in [0, 0.05) is 30.4 Å². The summed E-state index contributed by atoms with van der Waals surface area (Å²) in [5, 5.41) is 27.2. The van der Waals surface area contributed by atoms with Gasteiger partial charge in [-0.25, -0.2) is 0 Å². The lowest BCUT2D eigenvalue weighted by molar-refractivity contribution is -0.115. The molecule has 0 radical (unpaired) electrons. The average Bonchev–Trinajstić information content (AvgIpc) is 2.68. The fourth-order valence-electron chi connectivity index (χ4n) is 2.67. The van der Waals surface area contributed by atoms with Crippen LogP contribution >= 0.6 is 0 Å². The molecule has 150 valence electrons. The van der Waals surface area contributed by atoms with Crippen LogP contribution in [0.1, 0.15) is 46.1 Å². The summed E-state index contributed by atoms with van der Waals surface area (Å²) < 4.78 is 1.27. The molecule has 0 atom stereocenters. The lowest BCUT2D eigenvalue weighted by Crippen LogP contribution is -2.36. The summed E-state index contributed by atoms with van der Waals surface area (Å²) in [7, 11) is 0. The van der Waals surface area contributed by atoms with Gasteiger partial charge in [-0.3, -0.25) is 20.6 Å². The van der Waals surface area contributed by atoms with Crippen LogP contribution in [0.2, 0.25) is 0 Å². The Morgan fingerprint density at radius 2 is 2.00 bits per heavy atom. The first-order valence-electron chi connectivity index (χ1n) is 9.58. The van der Waals surface area contributed by atoms with E-state index in [-0.39, 0.29) is 35.6 Å². The summed E-state index contributed by atoms with van der Waals surface area (Å²) >= 11 is 0. The molecule has 2 aromatic heterocycles. The number of anilines is 2. The van der Waals surface area contributed by atoms with Crippen LogP contribution in [0.3, 0.4) is 0 Å². The van der Waals surface area contributed by atoms with E-state index in [4.69, 9.17) is 10.8 Å². The van der Waals surface area contributed by atoms with Gasteiger partial charge in [0.2, 0.25) is 5.91 Å². The molecule has 1 amide bonds. The van der Waals surface area contributed by atoms with Crippen molar-refractivity contribution in [2.45, 2.75) is 53.0 Å². The Labute approximate surface area is 165 Å². The van der Waals surface area contributed by atoms with Gasteiger partial charge in [-0.2, -0.15) is 4.68 Å². The van der Waals surface area contributed by atoms with Crippen LogP contribution in [0, 0.1) is 16.7 Å². The molecule has 2 aromatic rings. The largest absolute Gasteiger partial charge is 0.366 e. The lowest BCUT2D eigenvalue weighted by Gasteiger charge is -2.19. The van der Waals surface area contributed by atoms with Crippen LogP contribution in [0.4, 0.5) is 11.5 Å². The van der Waals surface area contributed by atoms with Gasteiger partial charge in [0.05, 0.1) is 12.1 Å². The number of amides is 1. The van der Waals surface area contributed by atoms with Crippen LogP contribution in [0.5, 0.6) is 0 Å². The van der Waals surface area contributed by atoms with Gasteiger partial charge >= 0.3 is 0 Å². The average molecular weight is 384 g/mol. The van der Waals surface area contributed by atoms with Crippen molar-refractivity contribution < 1.29 is 4.79 Å². The molecule has 8 heteroatoms. The number of nitrogens with one attached hydrogen (secondary N) is 4. The SMILES string of the molecule is CCC(CC)Nc1cc(NC(=O)Cc2cccnc2)c(=N)n(C(=N)C(C)C)n1. The molecular weight excluding hydrogens is 354 g/mol. The van der Waals surface area contributed by atoms with Crippen molar-refractivity contribution in [3.8, 4) is 0 Å². The van der Waals surface area contributed by atoms with E-state index in [1.807, 2.05) is 19.9 Å². The number of carbonyl (C=O) groups excluding carboxylic acids is 1. The molecule has 0 aliphatic rings. The molecule has 0 saturated heterocycles. The van der Waals surface area contributed by atoms with E-state index in [0.717, 1.165) is 18.4 Å². The molecule has 0 aromatic carbocycles. The summed E-state index contributed by atoms with van der Waals surface area (Å²) in [5.41, 5.74) is 1.09. The van der Waals surface area contributed by atoms with E-state index in [2.05, 4.69) is 34.6 Å². The third-order valence-electron chi connectivity index (χ3n) is 4.43. The number of nitrogens with zero attached hydrogens (tertiary/aromatic N) is 3.